The number of methoxy groups -OCH3 is 1. The van der Waals surface area contributed by atoms with Crippen LogP contribution >= 0.6 is 0 Å². The molecule has 0 spiro atoms. The van der Waals surface area contributed by atoms with Gasteiger partial charge in [-0.05, 0) is 36.8 Å². The second-order valence-electron chi connectivity index (χ2n) is 5.53. The predicted molar refractivity (Wildman–Crippen MR) is 99.3 cm³/mol. The highest BCUT2D eigenvalue weighted by molar-refractivity contribution is 5.61. The predicted octanol–water partition coefficient (Wildman–Crippen LogP) is 2.91. The largest absolute Gasteiger partial charge is 0.495 e. The van der Waals surface area contributed by atoms with Crippen LogP contribution in [0.15, 0.2) is 53.3 Å². The molecule has 3 rings (SSSR count). The minimum atomic E-state index is -0.286. The summed E-state index contributed by atoms with van der Waals surface area (Å²) in [6.45, 7) is 2.55. The minimum Gasteiger partial charge on any atom is -0.495 e. The van der Waals surface area contributed by atoms with E-state index in [9.17, 15) is 4.79 Å². The Balaban J connectivity index is 1.74. The highest BCUT2D eigenvalue weighted by Gasteiger charge is 2.08. The van der Waals surface area contributed by atoms with Crippen molar-refractivity contribution in [2.45, 2.75) is 13.3 Å². The van der Waals surface area contributed by atoms with Crippen molar-refractivity contribution in [2.75, 3.05) is 19.0 Å². The zero-order valence-corrected chi connectivity index (χ0v) is 14.7. The molecule has 26 heavy (non-hydrogen) atoms. The molecule has 0 saturated heterocycles. The highest BCUT2D eigenvalue weighted by Crippen LogP contribution is 2.24. The number of hydrogen-bond acceptors (Lipinski definition) is 6. The van der Waals surface area contributed by atoms with E-state index in [1.54, 1.807) is 7.11 Å². The van der Waals surface area contributed by atoms with Crippen LogP contribution in [-0.2, 0) is 6.42 Å². The molecule has 2 N–H and O–H groups in total. The molecule has 7 nitrogen and oxygen atoms in total. The molecule has 3 aromatic rings. The number of para-hydroxylation sites is 2. The summed E-state index contributed by atoms with van der Waals surface area (Å²) >= 11 is 0. The van der Waals surface area contributed by atoms with Crippen LogP contribution in [0.2, 0.25) is 0 Å². The molecule has 1 aromatic heterocycles. The number of benzene rings is 2. The molecule has 7 heteroatoms. The molecule has 0 bridgehead atoms. The molecule has 0 unspecified atom stereocenters. The molecule has 0 aliphatic rings. The molecule has 0 atom stereocenters. The summed E-state index contributed by atoms with van der Waals surface area (Å²) in [5.41, 5.74) is 1.71. The van der Waals surface area contributed by atoms with E-state index < -0.39 is 0 Å². The first-order valence-corrected chi connectivity index (χ1v) is 8.27. The number of nitrogens with zero attached hydrogens (tertiary/aromatic N) is 2. The summed E-state index contributed by atoms with van der Waals surface area (Å²) in [5, 5.41) is 11.1. The maximum atomic E-state index is 12.3. The number of ether oxygens (including phenoxy) is 2. The fraction of sp³-hybridized carbons (Fsp3) is 0.211. The standard InChI is InChI=1S/C19H20N4O3/c1-3-26-14-10-8-13(9-11-14)12-16-18(24)21-19(23-22-16)20-15-6-4-5-7-17(15)25-2/h4-11H,3,12H2,1-2H3,(H2,20,21,23,24). The molecule has 0 amide bonds. The monoisotopic (exact) mass is 352 g/mol. The maximum absolute atomic E-state index is 12.3. The van der Waals surface area contributed by atoms with Crippen molar-refractivity contribution in [1.82, 2.24) is 15.2 Å². The lowest BCUT2D eigenvalue weighted by Crippen LogP contribution is -2.19. The maximum Gasteiger partial charge on any atom is 0.274 e. The van der Waals surface area contributed by atoms with Crippen LogP contribution in [0, 0.1) is 0 Å². The normalized spacial score (nSPS) is 10.4. The number of hydrogen-bond donors (Lipinski definition) is 2. The Morgan fingerprint density at radius 1 is 1.08 bits per heavy atom. The quantitative estimate of drug-likeness (QED) is 0.680. The third kappa shape index (κ3) is 4.18. The van der Waals surface area contributed by atoms with E-state index in [0.717, 1.165) is 11.3 Å². The van der Waals surface area contributed by atoms with Gasteiger partial charge in [-0.1, -0.05) is 24.3 Å². The van der Waals surface area contributed by atoms with Crippen molar-refractivity contribution < 1.29 is 9.47 Å². The molecule has 134 valence electrons. The van der Waals surface area contributed by atoms with E-state index in [-0.39, 0.29) is 11.5 Å². The Bertz CT molecular complexity index is 923. The van der Waals surface area contributed by atoms with Crippen LogP contribution in [0.4, 0.5) is 11.6 Å². The molecule has 0 aliphatic carbocycles. The van der Waals surface area contributed by atoms with Crippen LogP contribution in [-0.4, -0.2) is 28.9 Å². The second-order valence-corrected chi connectivity index (χ2v) is 5.53. The first-order valence-electron chi connectivity index (χ1n) is 8.27. The SMILES string of the molecule is CCOc1ccc(Cc2nnc(Nc3ccccc3OC)[nH]c2=O)cc1. The van der Waals surface area contributed by atoms with E-state index in [1.165, 1.54) is 0 Å². The van der Waals surface area contributed by atoms with Gasteiger partial charge in [-0.25, -0.2) is 0 Å². The fourth-order valence-corrected chi connectivity index (χ4v) is 2.47. The van der Waals surface area contributed by atoms with Crippen LogP contribution < -0.4 is 20.3 Å². The number of aromatic amines is 1. The average Bonchev–Trinajstić information content (AvgIpc) is 2.66. The van der Waals surface area contributed by atoms with Gasteiger partial charge in [0.1, 0.15) is 17.2 Å². The number of rotatable bonds is 7. The summed E-state index contributed by atoms with van der Waals surface area (Å²) in [7, 11) is 1.58. The molecular formula is C19H20N4O3. The Hall–Kier alpha value is -3.35. The molecule has 0 saturated carbocycles. The summed E-state index contributed by atoms with van der Waals surface area (Å²) in [5.74, 6) is 1.70. The third-order valence-electron chi connectivity index (χ3n) is 3.73. The minimum absolute atomic E-state index is 0.259. The van der Waals surface area contributed by atoms with Gasteiger partial charge in [-0.2, -0.15) is 0 Å². The van der Waals surface area contributed by atoms with Crippen molar-refractivity contribution in [3.63, 3.8) is 0 Å². The second kappa shape index (κ2) is 8.15. The molecule has 0 fully saturated rings. The van der Waals surface area contributed by atoms with E-state index in [2.05, 4.69) is 20.5 Å². The first kappa shape index (κ1) is 17.5. The van der Waals surface area contributed by atoms with Gasteiger partial charge in [0.25, 0.3) is 5.56 Å². The van der Waals surface area contributed by atoms with Gasteiger partial charge < -0.3 is 14.8 Å². The van der Waals surface area contributed by atoms with Gasteiger partial charge in [0, 0.05) is 6.42 Å². The van der Waals surface area contributed by atoms with Crippen molar-refractivity contribution in [2.24, 2.45) is 0 Å². The van der Waals surface area contributed by atoms with Gasteiger partial charge in [0.05, 0.1) is 19.4 Å². The lowest BCUT2D eigenvalue weighted by atomic mass is 10.1. The summed E-state index contributed by atoms with van der Waals surface area (Å²) in [4.78, 5) is 15.0. The van der Waals surface area contributed by atoms with Crippen LogP contribution in [0.5, 0.6) is 11.5 Å². The van der Waals surface area contributed by atoms with E-state index in [0.29, 0.717) is 30.2 Å². The van der Waals surface area contributed by atoms with Crippen LogP contribution in [0.3, 0.4) is 0 Å². The van der Waals surface area contributed by atoms with Crippen molar-refractivity contribution in [1.29, 1.82) is 0 Å². The molecular weight excluding hydrogens is 332 g/mol. The Labute approximate surface area is 151 Å². The van der Waals surface area contributed by atoms with Gasteiger partial charge >= 0.3 is 0 Å². The molecule has 2 aromatic carbocycles. The molecule has 0 radical (unpaired) electrons. The van der Waals surface area contributed by atoms with Gasteiger partial charge in [-0.3, -0.25) is 9.78 Å². The van der Waals surface area contributed by atoms with Crippen molar-refractivity contribution in [3.05, 3.63) is 70.1 Å². The number of aromatic nitrogens is 3. The van der Waals surface area contributed by atoms with Gasteiger partial charge in [0.15, 0.2) is 0 Å². The number of anilines is 2. The Morgan fingerprint density at radius 2 is 1.85 bits per heavy atom. The lowest BCUT2D eigenvalue weighted by Gasteiger charge is -2.09. The summed E-state index contributed by atoms with van der Waals surface area (Å²) in [6.07, 6.45) is 0.393. The zero-order chi connectivity index (χ0) is 18.4. The molecule has 0 aliphatic heterocycles. The van der Waals surface area contributed by atoms with Crippen LogP contribution in [0.1, 0.15) is 18.2 Å². The van der Waals surface area contributed by atoms with E-state index in [1.807, 2.05) is 55.5 Å². The highest BCUT2D eigenvalue weighted by atomic mass is 16.5. The fourth-order valence-electron chi connectivity index (χ4n) is 2.47. The van der Waals surface area contributed by atoms with Gasteiger partial charge in [0.2, 0.25) is 5.95 Å². The summed E-state index contributed by atoms with van der Waals surface area (Å²) < 4.78 is 10.7. The van der Waals surface area contributed by atoms with E-state index >= 15 is 0 Å². The average molecular weight is 352 g/mol. The van der Waals surface area contributed by atoms with Crippen molar-refractivity contribution >= 4 is 11.6 Å². The first-order chi connectivity index (χ1) is 12.7. The summed E-state index contributed by atoms with van der Waals surface area (Å²) in [6, 6.07) is 14.9. The molecule has 1 heterocycles. The third-order valence-corrected chi connectivity index (χ3v) is 3.73. The van der Waals surface area contributed by atoms with Gasteiger partial charge in [-0.15, -0.1) is 10.2 Å². The number of nitrogens with one attached hydrogen (secondary N) is 2. The zero-order valence-electron chi connectivity index (χ0n) is 14.7. The van der Waals surface area contributed by atoms with Crippen LogP contribution in [0.25, 0.3) is 0 Å². The smallest absolute Gasteiger partial charge is 0.274 e. The topological polar surface area (TPSA) is 89.1 Å². The Morgan fingerprint density at radius 3 is 2.54 bits per heavy atom. The van der Waals surface area contributed by atoms with E-state index in [4.69, 9.17) is 9.47 Å². The lowest BCUT2D eigenvalue weighted by molar-refractivity contribution is 0.340. The number of H-pyrrole nitrogens is 1. The van der Waals surface area contributed by atoms with Crippen molar-refractivity contribution in [3.8, 4) is 11.5 Å². The Kier molecular flexibility index (Phi) is 5.48.